The van der Waals surface area contributed by atoms with Crippen molar-refractivity contribution < 1.29 is 0 Å². The van der Waals surface area contributed by atoms with Crippen LogP contribution in [-0.2, 0) is 6.54 Å². The van der Waals surface area contributed by atoms with Crippen LogP contribution in [0.1, 0.15) is 5.69 Å². The molecule has 3 rings (SSSR count). The second-order valence-corrected chi connectivity index (χ2v) is 3.60. The summed E-state index contributed by atoms with van der Waals surface area (Å²) in [6.07, 6.45) is 5.30. The zero-order valence-corrected chi connectivity index (χ0v) is 8.57. The third-order valence-electron chi connectivity index (χ3n) is 2.48. The summed E-state index contributed by atoms with van der Waals surface area (Å²) >= 11 is 0. The molecule has 3 N–H and O–H groups in total. The normalized spacial score (nSPS) is 10.8. The summed E-state index contributed by atoms with van der Waals surface area (Å²) < 4.78 is 0. The third-order valence-corrected chi connectivity index (χ3v) is 2.48. The maximum absolute atomic E-state index is 3.98. The number of imidazole rings is 1. The van der Waals surface area contributed by atoms with Crippen LogP contribution < -0.4 is 5.32 Å². The Labute approximate surface area is 91.9 Å². The number of nitrogens with one attached hydrogen (secondary N) is 3. The van der Waals surface area contributed by atoms with E-state index >= 15 is 0 Å². The molecule has 2 aromatic heterocycles. The fourth-order valence-corrected chi connectivity index (χ4v) is 1.63. The lowest BCUT2D eigenvalue weighted by Crippen LogP contribution is -1.99. The molecule has 0 fully saturated rings. The van der Waals surface area contributed by atoms with Gasteiger partial charge in [-0.05, 0) is 18.2 Å². The monoisotopic (exact) mass is 213 g/mol. The van der Waals surface area contributed by atoms with Crippen molar-refractivity contribution in [2.45, 2.75) is 6.54 Å². The van der Waals surface area contributed by atoms with Crippen molar-refractivity contribution in [3.8, 4) is 0 Å². The van der Waals surface area contributed by atoms with Crippen LogP contribution in [0.4, 0.5) is 5.69 Å². The first-order chi connectivity index (χ1) is 7.92. The highest BCUT2D eigenvalue weighted by Crippen LogP contribution is 2.16. The summed E-state index contributed by atoms with van der Waals surface area (Å²) in [5.41, 5.74) is 3.18. The molecule has 5 nitrogen and oxygen atoms in total. The number of rotatable bonds is 3. The van der Waals surface area contributed by atoms with E-state index in [4.69, 9.17) is 0 Å². The molecule has 80 valence electrons. The van der Waals surface area contributed by atoms with E-state index < -0.39 is 0 Å². The molecule has 0 aliphatic carbocycles. The van der Waals surface area contributed by atoms with Crippen LogP contribution in [0.2, 0.25) is 0 Å². The highest BCUT2D eigenvalue weighted by atomic mass is 15.1. The van der Waals surface area contributed by atoms with Crippen molar-refractivity contribution in [1.82, 2.24) is 20.2 Å². The van der Waals surface area contributed by atoms with Crippen LogP contribution in [0.15, 0.2) is 36.9 Å². The lowest BCUT2D eigenvalue weighted by atomic mass is 10.2. The predicted octanol–water partition coefficient (Wildman–Crippen LogP) is 1.90. The largest absolute Gasteiger partial charge is 0.379 e. The van der Waals surface area contributed by atoms with Crippen molar-refractivity contribution in [2.75, 3.05) is 5.32 Å². The number of anilines is 1. The van der Waals surface area contributed by atoms with Gasteiger partial charge in [0.2, 0.25) is 0 Å². The topological polar surface area (TPSA) is 69.4 Å². The summed E-state index contributed by atoms with van der Waals surface area (Å²) in [6, 6.07) is 6.10. The summed E-state index contributed by atoms with van der Waals surface area (Å²) in [7, 11) is 0. The van der Waals surface area contributed by atoms with E-state index in [1.165, 1.54) is 0 Å². The lowest BCUT2D eigenvalue weighted by Gasteiger charge is -2.04. The van der Waals surface area contributed by atoms with Crippen LogP contribution in [0.3, 0.4) is 0 Å². The maximum atomic E-state index is 3.98. The van der Waals surface area contributed by atoms with Gasteiger partial charge in [-0.25, -0.2) is 4.98 Å². The van der Waals surface area contributed by atoms with Crippen molar-refractivity contribution in [2.24, 2.45) is 0 Å². The molecule has 0 radical (unpaired) electrons. The van der Waals surface area contributed by atoms with Gasteiger partial charge in [0.25, 0.3) is 0 Å². The van der Waals surface area contributed by atoms with Gasteiger partial charge >= 0.3 is 0 Å². The quantitative estimate of drug-likeness (QED) is 0.622. The fourth-order valence-electron chi connectivity index (χ4n) is 1.63. The number of hydrogen-bond acceptors (Lipinski definition) is 3. The van der Waals surface area contributed by atoms with Gasteiger partial charge in [-0.1, -0.05) is 0 Å². The summed E-state index contributed by atoms with van der Waals surface area (Å²) in [6.45, 7) is 0.739. The molecule has 0 aliphatic heterocycles. The number of benzene rings is 1. The minimum Gasteiger partial charge on any atom is -0.379 e. The first kappa shape index (κ1) is 8.96. The van der Waals surface area contributed by atoms with Gasteiger partial charge < -0.3 is 10.3 Å². The first-order valence-electron chi connectivity index (χ1n) is 5.06. The molecule has 2 heterocycles. The molecule has 0 bridgehead atoms. The van der Waals surface area contributed by atoms with E-state index in [1.54, 1.807) is 6.33 Å². The molecule has 0 aliphatic rings. The van der Waals surface area contributed by atoms with Gasteiger partial charge in [-0.2, -0.15) is 5.10 Å². The molecule has 0 saturated heterocycles. The second kappa shape index (κ2) is 3.69. The first-order valence-corrected chi connectivity index (χ1v) is 5.06. The highest BCUT2D eigenvalue weighted by Gasteiger charge is 1.98. The highest BCUT2D eigenvalue weighted by molar-refractivity contribution is 5.81. The standard InChI is InChI=1S/C11H11N5/c1-2-11-8(4-15-16-11)3-9(1)13-6-10-5-12-7-14-10/h1-5,7,13H,6H2,(H,12,14)(H,15,16). The molecule has 0 atom stereocenters. The van der Waals surface area contributed by atoms with E-state index in [0.717, 1.165) is 28.8 Å². The molecule has 16 heavy (non-hydrogen) atoms. The van der Waals surface area contributed by atoms with Crippen LogP contribution in [0.5, 0.6) is 0 Å². The summed E-state index contributed by atoms with van der Waals surface area (Å²) in [5.74, 6) is 0. The molecule has 3 aromatic rings. The van der Waals surface area contributed by atoms with Crippen molar-refractivity contribution in [3.63, 3.8) is 0 Å². The molecule has 0 saturated carbocycles. The van der Waals surface area contributed by atoms with E-state index in [0.29, 0.717) is 0 Å². The Morgan fingerprint density at radius 3 is 3.12 bits per heavy atom. The fraction of sp³-hybridized carbons (Fsp3) is 0.0909. The molecule has 0 amide bonds. The van der Waals surface area contributed by atoms with Gasteiger partial charge in [0.05, 0.1) is 30.3 Å². The Morgan fingerprint density at radius 1 is 1.25 bits per heavy atom. The van der Waals surface area contributed by atoms with Crippen molar-refractivity contribution >= 4 is 16.6 Å². The molecular formula is C11H11N5. The zero-order valence-electron chi connectivity index (χ0n) is 8.57. The second-order valence-electron chi connectivity index (χ2n) is 3.60. The van der Waals surface area contributed by atoms with Crippen molar-refractivity contribution in [1.29, 1.82) is 0 Å². The lowest BCUT2D eigenvalue weighted by molar-refractivity contribution is 1.07. The van der Waals surface area contributed by atoms with Gasteiger partial charge in [0.15, 0.2) is 0 Å². The third kappa shape index (κ3) is 1.63. The van der Waals surface area contributed by atoms with E-state index in [-0.39, 0.29) is 0 Å². The number of hydrogen-bond donors (Lipinski definition) is 3. The Balaban J connectivity index is 1.78. The van der Waals surface area contributed by atoms with Crippen LogP contribution in [-0.4, -0.2) is 20.2 Å². The number of fused-ring (bicyclic) bond motifs is 1. The molecular weight excluding hydrogens is 202 g/mol. The Morgan fingerprint density at radius 2 is 2.25 bits per heavy atom. The van der Waals surface area contributed by atoms with E-state index in [2.05, 4.69) is 31.5 Å². The van der Waals surface area contributed by atoms with Gasteiger partial charge in [-0.3, -0.25) is 5.10 Å². The van der Waals surface area contributed by atoms with E-state index in [9.17, 15) is 0 Å². The molecule has 0 spiro atoms. The number of aromatic amines is 2. The molecule has 5 heteroatoms. The van der Waals surface area contributed by atoms with Crippen LogP contribution in [0, 0.1) is 0 Å². The predicted molar refractivity (Wildman–Crippen MR) is 62.0 cm³/mol. The number of H-pyrrole nitrogens is 2. The minimum absolute atomic E-state index is 0.739. The summed E-state index contributed by atoms with van der Waals surface area (Å²) in [5, 5.41) is 11.3. The van der Waals surface area contributed by atoms with Gasteiger partial charge in [0, 0.05) is 17.3 Å². The molecule has 1 aromatic carbocycles. The summed E-state index contributed by atoms with van der Waals surface area (Å²) in [4.78, 5) is 7.01. The van der Waals surface area contributed by atoms with Crippen LogP contribution in [0.25, 0.3) is 10.9 Å². The Kier molecular flexibility index (Phi) is 2.07. The van der Waals surface area contributed by atoms with Crippen LogP contribution >= 0.6 is 0 Å². The minimum atomic E-state index is 0.739. The average molecular weight is 213 g/mol. The average Bonchev–Trinajstić information content (AvgIpc) is 2.97. The SMILES string of the molecule is c1ncc(CNc2ccc3[nH]ncc3c2)[nH]1. The van der Waals surface area contributed by atoms with Gasteiger partial charge in [-0.15, -0.1) is 0 Å². The number of nitrogens with zero attached hydrogens (tertiary/aromatic N) is 2. The Bertz CT molecular complexity index is 581. The maximum Gasteiger partial charge on any atom is 0.0922 e. The smallest absolute Gasteiger partial charge is 0.0922 e. The van der Waals surface area contributed by atoms with Gasteiger partial charge in [0.1, 0.15) is 0 Å². The van der Waals surface area contributed by atoms with Crippen molar-refractivity contribution in [3.05, 3.63) is 42.6 Å². The zero-order chi connectivity index (χ0) is 10.8. The number of aromatic nitrogens is 4. The Hall–Kier alpha value is -2.30. The molecule has 0 unspecified atom stereocenters. The van der Waals surface area contributed by atoms with E-state index in [1.807, 2.05) is 24.5 Å².